The molecule has 0 aromatic heterocycles. The minimum absolute atomic E-state index is 0.0189. The molecule has 0 bridgehead atoms. The number of hydrogen-bond donors (Lipinski definition) is 0. The average Bonchev–Trinajstić information content (AvgIpc) is 3.22. The van der Waals surface area contributed by atoms with E-state index in [1.807, 2.05) is 0 Å². The lowest BCUT2D eigenvalue weighted by atomic mass is 10.1. The largest absolute Gasteiger partial charge is 0.496 e. The van der Waals surface area contributed by atoms with Crippen molar-refractivity contribution in [2.75, 3.05) is 33.6 Å². The Morgan fingerprint density at radius 1 is 1.07 bits per heavy atom. The highest BCUT2D eigenvalue weighted by molar-refractivity contribution is 7.99. The number of carbonyl (C=O) groups excluding carboxylic acids is 1. The predicted molar refractivity (Wildman–Crippen MR) is 108 cm³/mol. The van der Waals surface area contributed by atoms with Crippen molar-refractivity contribution < 1.29 is 27.8 Å². The molecule has 3 rings (SSSR count). The van der Waals surface area contributed by atoms with Gasteiger partial charge in [0.2, 0.25) is 5.91 Å². The summed E-state index contributed by atoms with van der Waals surface area (Å²) in [5.41, 5.74) is 0.789. The summed E-state index contributed by atoms with van der Waals surface area (Å²) in [6.45, 7) is 0.516. The van der Waals surface area contributed by atoms with Crippen LogP contribution in [0.4, 0.5) is 8.78 Å². The highest BCUT2D eigenvalue weighted by atomic mass is 32.2. The number of halogens is 2. The molecule has 8 heteroatoms. The van der Waals surface area contributed by atoms with Gasteiger partial charge < -0.3 is 19.1 Å². The molecule has 0 N–H and O–H groups in total. The standard InChI is InChI=1S/C21H21F2NO4S/c1-26-17-12-19(28-3)18(27-2)11-15(17)21-24(8-9-29-21)20(25)7-4-13-10-14(22)5-6-16(13)23/h4-7,10-12,21H,8-9H2,1-3H3/b7-4+. The number of nitrogens with zero attached hydrogens (tertiary/aromatic N) is 1. The van der Waals surface area contributed by atoms with E-state index in [0.29, 0.717) is 23.8 Å². The molecule has 1 heterocycles. The number of carbonyl (C=O) groups is 1. The first-order valence-corrected chi connectivity index (χ1v) is 9.88. The monoisotopic (exact) mass is 421 g/mol. The Morgan fingerprint density at radius 2 is 1.76 bits per heavy atom. The van der Waals surface area contributed by atoms with Crippen LogP contribution in [-0.2, 0) is 4.79 Å². The zero-order valence-electron chi connectivity index (χ0n) is 16.3. The maximum Gasteiger partial charge on any atom is 0.247 e. The average molecular weight is 421 g/mol. The molecule has 29 heavy (non-hydrogen) atoms. The van der Waals surface area contributed by atoms with E-state index in [1.165, 1.54) is 26.4 Å². The van der Waals surface area contributed by atoms with Gasteiger partial charge in [0.25, 0.3) is 0 Å². The molecule has 1 fully saturated rings. The molecule has 0 aliphatic carbocycles. The first kappa shape index (κ1) is 21.0. The molecule has 1 aliphatic heterocycles. The molecular formula is C21H21F2NO4S. The van der Waals surface area contributed by atoms with Gasteiger partial charge in [-0.3, -0.25) is 4.79 Å². The summed E-state index contributed by atoms with van der Waals surface area (Å²) in [7, 11) is 4.62. The van der Waals surface area contributed by atoms with Crippen LogP contribution in [0.2, 0.25) is 0 Å². The third-order valence-corrected chi connectivity index (χ3v) is 5.78. The Balaban J connectivity index is 1.89. The van der Waals surface area contributed by atoms with Crippen LogP contribution in [0.25, 0.3) is 6.08 Å². The van der Waals surface area contributed by atoms with Crippen LogP contribution >= 0.6 is 11.8 Å². The topological polar surface area (TPSA) is 48.0 Å². The fourth-order valence-corrected chi connectivity index (χ4v) is 4.38. The fourth-order valence-electron chi connectivity index (χ4n) is 3.10. The van der Waals surface area contributed by atoms with Gasteiger partial charge in [-0.05, 0) is 30.3 Å². The first-order chi connectivity index (χ1) is 14.0. The molecule has 1 amide bonds. The second kappa shape index (κ2) is 9.17. The Hall–Kier alpha value is -2.74. The minimum atomic E-state index is -0.593. The lowest BCUT2D eigenvalue weighted by Crippen LogP contribution is -2.29. The first-order valence-electron chi connectivity index (χ1n) is 8.83. The van der Waals surface area contributed by atoms with E-state index < -0.39 is 11.6 Å². The lowest BCUT2D eigenvalue weighted by molar-refractivity contribution is -0.126. The molecule has 2 aromatic rings. The van der Waals surface area contributed by atoms with E-state index in [-0.39, 0.29) is 16.8 Å². The van der Waals surface area contributed by atoms with E-state index in [1.54, 1.807) is 35.9 Å². The zero-order valence-corrected chi connectivity index (χ0v) is 17.1. The number of ether oxygens (including phenoxy) is 3. The van der Waals surface area contributed by atoms with Crippen LogP contribution in [-0.4, -0.2) is 44.4 Å². The molecular weight excluding hydrogens is 400 g/mol. The van der Waals surface area contributed by atoms with Gasteiger partial charge in [-0.15, -0.1) is 11.8 Å². The number of hydrogen-bond acceptors (Lipinski definition) is 5. The van der Waals surface area contributed by atoms with E-state index in [0.717, 1.165) is 29.5 Å². The van der Waals surface area contributed by atoms with E-state index in [4.69, 9.17) is 14.2 Å². The quantitative estimate of drug-likeness (QED) is 0.652. The summed E-state index contributed by atoms with van der Waals surface area (Å²) in [4.78, 5) is 14.4. The van der Waals surface area contributed by atoms with Crippen molar-refractivity contribution in [3.8, 4) is 17.2 Å². The molecule has 0 radical (unpaired) electrons. The molecule has 0 spiro atoms. The van der Waals surface area contributed by atoms with Gasteiger partial charge in [0, 0.05) is 35.6 Å². The van der Waals surface area contributed by atoms with Crippen LogP contribution in [0.5, 0.6) is 17.2 Å². The molecule has 1 atom stereocenters. The summed E-state index contributed by atoms with van der Waals surface area (Å²) in [5.74, 6) is 0.889. The van der Waals surface area contributed by atoms with Crippen LogP contribution in [0.1, 0.15) is 16.5 Å². The van der Waals surface area contributed by atoms with Gasteiger partial charge in [-0.2, -0.15) is 0 Å². The Labute approximate surface area is 172 Å². The Morgan fingerprint density at radius 3 is 2.45 bits per heavy atom. The molecule has 1 saturated heterocycles. The third-order valence-electron chi connectivity index (χ3n) is 4.54. The third kappa shape index (κ3) is 4.48. The highest BCUT2D eigenvalue weighted by Crippen LogP contribution is 2.46. The van der Waals surface area contributed by atoms with Crippen molar-refractivity contribution in [1.29, 1.82) is 0 Å². The number of thioether (sulfide) groups is 1. The molecule has 1 aliphatic rings. The van der Waals surface area contributed by atoms with Crippen molar-refractivity contribution in [2.24, 2.45) is 0 Å². The van der Waals surface area contributed by atoms with Gasteiger partial charge in [-0.1, -0.05) is 0 Å². The van der Waals surface area contributed by atoms with Gasteiger partial charge in [0.15, 0.2) is 11.5 Å². The smallest absolute Gasteiger partial charge is 0.247 e. The summed E-state index contributed by atoms with van der Waals surface area (Å²) in [6.07, 6.45) is 2.54. The maximum atomic E-state index is 13.8. The summed E-state index contributed by atoms with van der Waals surface area (Å²) >= 11 is 1.58. The molecule has 1 unspecified atom stereocenters. The van der Waals surface area contributed by atoms with Gasteiger partial charge in [-0.25, -0.2) is 8.78 Å². The van der Waals surface area contributed by atoms with Crippen molar-refractivity contribution >= 4 is 23.7 Å². The molecule has 5 nitrogen and oxygen atoms in total. The Kier molecular flexibility index (Phi) is 6.64. The Bertz CT molecular complexity index is 935. The second-order valence-corrected chi connectivity index (χ2v) is 7.39. The van der Waals surface area contributed by atoms with Gasteiger partial charge >= 0.3 is 0 Å². The number of amides is 1. The highest BCUT2D eigenvalue weighted by Gasteiger charge is 2.32. The maximum absolute atomic E-state index is 13.8. The van der Waals surface area contributed by atoms with Crippen molar-refractivity contribution in [3.63, 3.8) is 0 Å². The van der Waals surface area contributed by atoms with Crippen LogP contribution < -0.4 is 14.2 Å². The van der Waals surface area contributed by atoms with E-state index in [9.17, 15) is 13.6 Å². The molecule has 0 saturated carbocycles. The lowest BCUT2D eigenvalue weighted by Gasteiger charge is -2.25. The normalized spacial score (nSPS) is 16.3. The van der Waals surface area contributed by atoms with Gasteiger partial charge in [0.05, 0.1) is 21.3 Å². The zero-order chi connectivity index (χ0) is 21.0. The van der Waals surface area contributed by atoms with Crippen LogP contribution in [0.3, 0.4) is 0 Å². The summed E-state index contributed by atoms with van der Waals surface area (Å²) in [5, 5.41) is -0.306. The van der Waals surface area contributed by atoms with Crippen molar-refractivity contribution in [3.05, 3.63) is 59.2 Å². The SMILES string of the molecule is COc1cc(OC)c(C2SCCN2C(=O)/C=C/c2cc(F)ccc2F)cc1OC. The second-order valence-electron chi connectivity index (χ2n) is 6.20. The van der Waals surface area contributed by atoms with Gasteiger partial charge in [0.1, 0.15) is 22.8 Å². The van der Waals surface area contributed by atoms with Crippen LogP contribution in [0.15, 0.2) is 36.4 Å². The predicted octanol–water partition coefficient (Wildman–Crippen LogP) is 4.28. The van der Waals surface area contributed by atoms with Crippen molar-refractivity contribution in [1.82, 2.24) is 4.90 Å². The fraction of sp³-hybridized carbons (Fsp3) is 0.286. The summed E-state index contributed by atoms with van der Waals surface area (Å²) in [6, 6.07) is 6.62. The van der Waals surface area contributed by atoms with E-state index >= 15 is 0 Å². The minimum Gasteiger partial charge on any atom is -0.496 e. The number of rotatable bonds is 6. The van der Waals surface area contributed by atoms with Crippen molar-refractivity contribution in [2.45, 2.75) is 5.37 Å². The molecule has 154 valence electrons. The number of methoxy groups -OCH3 is 3. The summed E-state index contributed by atoms with van der Waals surface area (Å²) < 4.78 is 43.3. The van der Waals surface area contributed by atoms with Crippen LogP contribution in [0, 0.1) is 11.6 Å². The van der Waals surface area contributed by atoms with E-state index in [2.05, 4.69) is 0 Å². The molecule has 2 aromatic carbocycles. The number of benzene rings is 2.